The molecule has 0 aliphatic carbocycles. The first-order chi connectivity index (χ1) is 10.4. The lowest BCUT2D eigenvalue weighted by Gasteiger charge is -2.35. The zero-order valence-electron chi connectivity index (χ0n) is 11.8. The molecule has 1 fully saturated rings. The Balaban J connectivity index is 2.19. The van der Waals surface area contributed by atoms with E-state index < -0.39 is 10.5 Å². The number of carbonyl (C=O) groups is 1. The number of morpholine rings is 1. The number of amides is 1. The van der Waals surface area contributed by atoms with Crippen molar-refractivity contribution < 1.29 is 30.8 Å². The highest BCUT2D eigenvalue weighted by atomic mass is 32.3. The second-order valence-electron chi connectivity index (χ2n) is 4.57. The fourth-order valence-corrected chi connectivity index (χ4v) is 2.44. The Kier molecular flexibility index (Phi) is 5.27. The van der Waals surface area contributed by atoms with Crippen LogP contribution in [0.15, 0.2) is 18.5 Å². The highest BCUT2D eigenvalue weighted by Gasteiger charge is 2.28. The number of methoxy groups -OCH3 is 1. The van der Waals surface area contributed by atoms with Gasteiger partial charge < -0.3 is 18.6 Å². The topological polar surface area (TPSA) is 95.0 Å². The number of hydrogen-bond acceptors (Lipinski definition) is 7. The molecule has 1 aromatic heterocycles. The Morgan fingerprint density at radius 3 is 3.00 bits per heavy atom. The third kappa shape index (κ3) is 4.36. The van der Waals surface area contributed by atoms with E-state index in [1.54, 1.807) is 0 Å². The molecule has 0 saturated carbocycles. The van der Waals surface area contributed by atoms with Crippen molar-refractivity contribution in [3.63, 3.8) is 0 Å². The number of nitrogens with zero attached hydrogens (tertiary/aromatic N) is 2. The standard InChI is InChI=1S/C12H15FN2O6S/c1-19-7-10-8-20-3-2-15(10)12(16)9-4-11(6-14-5-9)21-22(13,17)18/h4-6,10H,2-3,7-8H2,1H3. The normalized spacial score (nSPS) is 19.0. The van der Waals surface area contributed by atoms with Gasteiger partial charge in [0.2, 0.25) is 0 Å². The second-order valence-corrected chi connectivity index (χ2v) is 5.52. The fraction of sp³-hybridized carbons (Fsp3) is 0.500. The number of pyridine rings is 1. The highest BCUT2D eigenvalue weighted by Crippen LogP contribution is 2.18. The molecule has 2 rings (SSSR count). The Morgan fingerprint density at radius 1 is 1.55 bits per heavy atom. The molecule has 2 heterocycles. The van der Waals surface area contributed by atoms with Crippen molar-refractivity contribution in [3.8, 4) is 5.75 Å². The van der Waals surface area contributed by atoms with Crippen LogP contribution in [0.2, 0.25) is 0 Å². The van der Waals surface area contributed by atoms with Gasteiger partial charge in [0.25, 0.3) is 5.91 Å². The van der Waals surface area contributed by atoms with Crippen LogP contribution in [-0.4, -0.2) is 63.7 Å². The van der Waals surface area contributed by atoms with E-state index in [9.17, 15) is 17.1 Å². The molecular formula is C12H15FN2O6S. The largest absolute Gasteiger partial charge is 0.488 e. The van der Waals surface area contributed by atoms with E-state index in [0.717, 1.165) is 12.3 Å². The van der Waals surface area contributed by atoms with Crippen LogP contribution in [0.5, 0.6) is 5.75 Å². The maximum absolute atomic E-state index is 12.5. The van der Waals surface area contributed by atoms with Crippen molar-refractivity contribution in [2.75, 3.05) is 33.5 Å². The summed E-state index contributed by atoms with van der Waals surface area (Å²) < 4.78 is 47.9. The molecule has 0 aromatic carbocycles. The van der Waals surface area contributed by atoms with Gasteiger partial charge in [-0.15, -0.1) is 0 Å². The van der Waals surface area contributed by atoms with Crippen LogP contribution in [0, 0.1) is 0 Å². The Labute approximate surface area is 127 Å². The van der Waals surface area contributed by atoms with Gasteiger partial charge >= 0.3 is 10.5 Å². The molecule has 0 N–H and O–H groups in total. The number of aromatic nitrogens is 1. The number of ether oxygens (including phenoxy) is 2. The summed E-state index contributed by atoms with van der Waals surface area (Å²) >= 11 is 0. The summed E-state index contributed by atoms with van der Waals surface area (Å²) in [4.78, 5) is 17.7. The van der Waals surface area contributed by atoms with Crippen molar-refractivity contribution in [2.24, 2.45) is 0 Å². The lowest BCUT2D eigenvalue weighted by molar-refractivity contribution is -0.0252. The Hall–Kier alpha value is -1.78. The number of rotatable bonds is 5. The summed E-state index contributed by atoms with van der Waals surface area (Å²) in [7, 11) is -3.66. The van der Waals surface area contributed by atoms with Crippen molar-refractivity contribution in [2.45, 2.75) is 6.04 Å². The first kappa shape index (κ1) is 16.6. The fourth-order valence-electron chi connectivity index (χ4n) is 2.11. The summed E-state index contributed by atoms with van der Waals surface area (Å²) in [5, 5.41) is 0. The van der Waals surface area contributed by atoms with E-state index in [0.29, 0.717) is 26.4 Å². The van der Waals surface area contributed by atoms with E-state index in [4.69, 9.17) is 9.47 Å². The average molecular weight is 334 g/mol. The van der Waals surface area contributed by atoms with Crippen LogP contribution in [0.4, 0.5) is 3.89 Å². The van der Waals surface area contributed by atoms with Crippen LogP contribution in [0.3, 0.4) is 0 Å². The van der Waals surface area contributed by atoms with E-state index >= 15 is 0 Å². The number of halogens is 1. The second kappa shape index (κ2) is 6.99. The minimum atomic E-state index is -5.17. The molecule has 1 aliphatic heterocycles. The third-order valence-corrected chi connectivity index (χ3v) is 3.39. The van der Waals surface area contributed by atoms with Crippen LogP contribution in [0.25, 0.3) is 0 Å². The maximum atomic E-state index is 12.5. The van der Waals surface area contributed by atoms with E-state index in [-0.39, 0.29) is 23.3 Å². The van der Waals surface area contributed by atoms with Crippen molar-refractivity contribution in [1.29, 1.82) is 0 Å². The third-order valence-electron chi connectivity index (χ3n) is 3.00. The first-order valence-electron chi connectivity index (χ1n) is 6.37. The predicted molar refractivity (Wildman–Crippen MR) is 72.4 cm³/mol. The minimum Gasteiger partial charge on any atom is -0.382 e. The van der Waals surface area contributed by atoms with E-state index in [1.165, 1.54) is 18.2 Å². The molecule has 1 aromatic rings. The smallest absolute Gasteiger partial charge is 0.382 e. The lowest BCUT2D eigenvalue weighted by Crippen LogP contribution is -2.50. The molecule has 22 heavy (non-hydrogen) atoms. The zero-order chi connectivity index (χ0) is 16.2. The summed E-state index contributed by atoms with van der Waals surface area (Å²) in [6.45, 7) is 1.38. The van der Waals surface area contributed by atoms with Gasteiger partial charge in [0.1, 0.15) is 0 Å². The SMILES string of the molecule is COCC1COCCN1C(=O)c1cncc(OS(=O)(=O)F)c1. The molecule has 0 spiro atoms. The Bertz CT molecular complexity index is 636. The van der Waals surface area contributed by atoms with Crippen molar-refractivity contribution in [3.05, 3.63) is 24.0 Å². The molecular weight excluding hydrogens is 319 g/mol. The molecule has 1 amide bonds. The monoisotopic (exact) mass is 334 g/mol. The first-order valence-corrected chi connectivity index (χ1v) is 7.68. The van der Waals surface area contributed by atoms with Gasteiger partial charge in [0.05, 0.1) is 37.6 Å². The van der Waals surface area contributed by atoms with Crippen molar-refractivity contribution in [1.82, 2.24) is 9.88 Å². The predicted octanol–water partition coefficient (Wildman–Crippen LogP) is 0.162. The molecule has 122 valence electrons. The number of hydrogen-bond donors (Lipinski definition) is 0. The van der Waals surface area contributed by atoms with Crippen LogP contribution < -0.4 is 4.18 Å². The number of carbonyl (C=O) groups excluding carboxylic acids is 1. The van der Waals surface area contributed by atoms with Gasteiger partial charge in [-0.2, -0.15) is 8.42 Å². The molecule has 1 saturated heterocycles. The van der Waals surface area contributed by atoms with Gasteiger partial charge in [-0.1, -0.05) is 3.89 Å². The van der Waals surface area contributed by atoms with Gasteiger partial charge in [-0.3, -0.25) is 9.78 Å². The summed E-state index contributed by atoms with van der Waals surface area (Å²) in [6, 6.07) is 0.854. The zero-order valence-corrected chi connectivity index (χ0v) is 12.6. The molecule has 1 aliphatic rings. The Morgan fingerprint density at radius 2 is 2.32 bits per heavy atom. The highest BCUT2D eigenvalue weighted by molar-refractivity contribution is 7.81. The van der Waals surface area contributed by atoms with Gasteiger partial charge in [0.15, 0.2) is 5.75 Å². The summed E-state index contributed by atoms with van der Waals surface area (Å²) in [5.74, 6) is -0.760. The lowest BCUT2D eigenvalue weighted by atomic mass is 10.2. The molecule has 0 radical (unpaired) electrons. The minimum absolute atomic E-state index is 0.0872. The molecule has 8 nitrogen and oxygen atoms in total. The molecule has 0 bridgehead atoms. The van der Waals surface area contributed by atoms with Gasteiger partial charge in [-0.25, -0.2) is 0 Å². The van der Waals surface area contributed by atoms with E-state index in [1.807, 2.05) is 0 Å². The molecule has 1 unspecified atom stereocenters. The molecule has 10 heteroatoms. The summed E-state index contributed by atoms with van der Waals surface area (Å²) in [6.07, 6.45) is 2.25. The van der Waals surface area contributed by atoms with Crippen LogP contribution >= 0.6 is 0 Å². The van der Waals surface area contributed by atoms with Crippen LogP contribution in [-0.2, 0) is 20.0 Å². The molecule has 1 atom stereocenters. The van der Waals surface area contributed by atoms with Crippen LogP contribution in [0.1, 0.15) is 10.4 Å². The summed E-state index contributed by atoms with van der Waals surface area (Å²) in [5.41, 5.74) is 0.0872. The van der Waals surface area contributed by atoms with Crippen molar-refractivity contribution >= 4 is 16.4 Å². The maximum Gasteiger partial charge on any atom is 0.488 e. The van der Waals surface area contributed by atoms with E-state index in [2.05, 4.69) is 9.17 Å². The quantitative estimate of drug-likeness (QED) is 0.708. The average Bonchev–Trinajstić information content (AvgIpc) is 2.46. The van der Waals surface area contributed by atoms with Gasteiger partial charge in [-0.05, 0) is 6.07 Å². The van der Waals surface area contributed by atoms with Gasteiger partial charge in [0, 0.05) is 19.9 Å².